The predicted molar refractivity (Wildman–Crippen MR) is 89.8 cm³/mol. The first kappa shape index (κ1) is 15.5. The molecule has 7 heteroatoms. The summed E-state index contributed by atoms with van der Waals surface area (Å²) in [5, 5.41) is 16.2. The average molecular weight is 328 g/mol. The Morgan fingerprint density at radius 2 is 2.12 bits per heavy atom. The van der Waals surface area contributed by atoms with Crippen molar-refractivity contribution in [3.63, 3.8) is 0 Å². The Labute approximate surface area is 141 Å². The maximum atomic E-state index is 5.43. The molecule has 4 rings (SSSR count). The van der Waals surface area contributed by atoms with Crippen molar-refractivity contribution < 1.29 is 4.52 Å². The lowest BCUT2D eigenvalue weighted by atomic mass is 10.0. The minimum Gasteiger partial charge on any atom is -0.354 e. The summed E-state index contributed by atoms with van der Waals surface area (Å²) in [5.74, 6) is 3.05. The molecular weight excluding hydrogens is 304 g/mol. The standard InChI is InChI=1S/C17H24N6O/c1-11-5-8-15(21-20-11)23-9-3-4-14(10-23)18-12(2)17-19-16(22-24-17)13-6-7-13/h5,8,12-14,18H,3-4,6-7,9-10H2,1-2H3. The minimum atomic E-state index is 0.0686. The van der Waals surface area contributed by atoms with E-state index < -0.39 is 0 Å². The van der Waals surface area contributed by atoms with E-state index in [0.29, 0.717) is 17.9 Å². The number of rotatable bonds is 5. The second-order valence-electron chi connectivity index (χ2n) is 6.97. The van der Waals surface area contributed by atoms with Crippen molar-refractivity contribution in [3.8, 4) is 0 Å². The van der Waals surface area contributed by atoms with Gasteiger partial charge in [0.05, 0.1) is 11.7 Å². The fraction of sp³-hybridized carbons (Fsp3) is 0.647. The van der Waals surface area contributed by atoms with Crippen molar-refractivity contribution in [1.29, 1.82) is 0 Å². The number of aryl methyl sites for hydroxylation is 1. The summed E-state index contributed by atoms with van der Waals surface area (Å²) >= 11 is 0. The number of hydrogen-bond acceptors (Lipinski definition) is 7. The molecule has 3 heterocycles. The lowest BCUT2D eigenvalue weighted by Gasteiger charge is -2.34. The normalized spacial score (nSPS) is 22.6. The lowest BCUT2D eigenvalue weighted by Crippen LogP contribution is -2.46. The molecule has 2 unspecified atom stereocenters. The third-order valence-electron chi connectivity index (χ3n) is 4.79. The molecule has 0 spiro atoms. The van der Waals surface area contributed by atoms with Crippen LogP contribution in [0.3, 0.4) is 0 Å². The summed E-state index contributed by atoms with van der Waals surface area (Å²) < 4.78 is 5.43. The van der Waals surface area contributed by atoms with E-state index in [2.05, 4.69) is 37.5 Å². The van der Waals surface area contributed by atoms with Crippen LogP contribution in [-0.2, 0) is 0 Å². The molecule has 0 bridgehead atoms. The van der Waals surface area contributed by atoms with Crippen LogP contribution in [0.1, 0.15) is 62.0 Å². The Balaban J connectivity index is 1.37. The molecular formula is C17H24N6O. The molecule has 0 radical (unpaired) electrons. The molecule has 1 saturated heterocycles. The molecule has 0 amide bonds. The number of nitrogens with zero attached hydrogens (tertiary/aromatic N) is 5. The van der Waals surface area contributed by atoms with Gasteiger partial charge in [-0.15, -0.1) is 5.10 Å². The van der Waals surface area contributed by atoms with Gasteiger partial charge in [-0.2, -0.15) is 10.1 Å². The van der Waals surface area contributed by atoms with Gasteiger partial charge in [-0.05, 0) is 51.7 Å². The summed E-state index contributed by atoms with van der Waals surface area (Å²) in [5.41, 5.74) is 0.946. The molecule has 2 aromatic heterocycles. The quantitative estimate of drug-likeness (QED) is 0.902. The fourth-order valence-corrected chi connectivity index (χ4v) is 3.24. The number of anilines is 1. The van der Waals surface area contributed by atoms with Gasteiger partial charge >= 0.3 is 0 Å². The molecule has 2 atom stereocenters. The van der Waals surface area contributed by atoms with Crippen LogP contribution in [0.5, 0.6) is 0 Å². The van der Waals surface area contributed by atoms with Gasteiger partial charge in [0.25, 0.3) is 0 Å². The highest BCUT2D eigenvalue weighted by Gasteiger charge is 2.30. The van der Waals surface area contributed by atoms with Gasteiger partial charge in [0.15, 0.2) is 11.6 Å². The minimum absolute atomic E-state index is 0.0686. The smallest absolute Gasteiger partial charge is 0.243 e. The van der Waals surface area contributed by atoms with Crippen molar-refractivity contribution in [2.75, 3.05) is 18.0 Å². The van der Waals surface area contributed by atoms with Crippen molar-refractivity contribution in [2.24, 2.45) is 0 Å². The van der Waals surface area contributed by atoms with Crippen LogP contribution in [0.25, 0.3) is 0 Å². The first-order chi connectivity index (χ1) is 11.7. The molecule has 128 valence electrons. The van der Waals surface area contributed by atoms with Gasteiger partial charge in [-0.1, -0.05) is 5.16 Å². The molecule has 2 fully saturated rings. The average Bonchev–Trinajstić information content (AvgIpc) is 3.32. The Hall–Kier alpha value is -2.02. The van der Waals surface area contributed by atoms with Gasteiger partial charge in [0.1, 0.15) is 0 Å². The zero-order chi connectivity index (χ0) is 16.5. The summed E-state index contributed by atoms with van der Waals surface area (Å²) in [4.78, 5) is 6.84. The van der Waals surface area contributed by atoms with E-state index >= 15 is 0 Å². The molecule has 24 heavy (non-hydrogen) atoms. The zero-order valence-corrected chi connectivity index (χ0v) is 14.3. The topological polar surface area (TPSA) is 80.0 Å². The lowest BCUT2D eigenvalue weighted by molar-refractivity contribution is 0.307. The molecule has 1 N–H and O–H groups in total. The van der Waals surface area contributed by atoms with Crippen LogP contribution in [0.4, 0.5) is 5.82 Å². The van der Waals surface area contributed by atoms with Crippen LogP contribution in [-0.4, -0.2) is 39.5 Å². The Morgan fingerprint density at radius 1 is 1.25 bits per heavy atom. The highest BCUT2D eigenvalue weighted by molar-refractivity contribution is 5.38. The largest absolute Gasteiger partial charge is 0.354 e. The maximum Gasteiger partial charge on any atom is 0.243 e. The molecule has 1 aliphatic carbocycles. The van der Waals surface area contributed by atoms with Crippen LogP contribution in [0.15, 0.2) is 16.7 Å². The van der Waals surface area contributed by atoms with E-state index in [1.807, 2.05) is 19.1 Å². The molecule has 7 nitrogen and oxygen atoms in total. The zero-order valence-electron chi connectivity index (χ0n) is 14.3. The van der Waals surface area contributed by atoms with E-state index in [4.69, 9.17) is 4.52 Å². The van der Waals surface area contributed by atoms with Gasteiger partial charge in [-0.3, -0.25) is 0 Å². The first-order valence-corrected chi connectivity index (χ1v) is 8.84. The van der Waals surface area contributed by atoms with E-state index in [-0.39, 0.29) is 6.04 Å². The van der Waals surface area contributed by atoms with E-state index in [0.717, 1.165) is 43.3 Å². The van der Waals surface area contributed by atoms with E-state index in [1.54, 1.807) is 0 Å². The summed E-state index contributed by atoms with van der Waals surface area (Å²) in [7, 11) is 0. The molecule has 2 aromatic rings. The van der Waals surface area contributed by atoms with Gasteiger partial charge in [-0.25, -0.2) is 0 Å². The fourth-order valence-electron chi connectivity index (χ4n) is 3.24. The first-order valence-electron chi connectivity index (χ1n) is 8.84. The number of hydrogen-bond donors (Lipinski definition) is 1. The van der Waals surface area contributed by atoms with Gasteiger partial charge in [0.2, 0.25) is 5.89 Å². The summed E-state index contributed by atoms with van der Waals surface area (Å²) in [6.07, 6.45) is 4.66. The SMILES string of the molecule is Cc1ccc(N2CCCC(NC(C)c3nc(C4CC4)no3)C2)nn1. The maximum absolute atomic E-state index is 5.43. The molecule has 1 aliphatic heterocycles. The second kappa shape index (κ2) is 6.47. The summed E-state index contributed by atoms with van der Waals surface area (Å²) in [6, 6.07) is 4.51. The van der Waals surface area contributed by atoms with E-state index in [9.17, 15) is 0 Å². The monoisotopic (exact) mass is 328 g/mol. The molecule has 0 aromatic carbocycles. The summed E-state index contributed by atoms with van der Waals surface area (Å²) in [6.45, 7) is 6.00. The number of piperidine rings is 1. The van der Waals surface area contributed by atoms with Gasteiger partial charge < -0.3 is 14.7 Å². The second-order valence-corrected chi connectivity index (χ2v) is 6.97. The van der Waals surface area contributed by atoms with Crippen LogP contribution < -0.4 is 10.2 Å². The Morgan fingerprint density at radius 3 is 2.88 bits per heavy atom. The van der Waals surface area contributed by atoms with Crippen molar-refractivity contribution in [1.82, 2.24) is 25.7 Å². The Kier molecular flexibility index (Phi) is 4.18. The number of aromatic nitrogens is 4. The molecule has 2 aliphatic rings. The van der Waals surface area contributed by atoms with Crippen molar-refractivity contribution in [2.45, 2.75) is 57.5 Å². The van der Waals surface area contributed by atoms with Crippen LogP contribution in [0.2, 0.25) is 0 Å². The van der Waals surface area contributed by atoms with E-state index in [1.165, 1.54) is 12.8 Å². The predicted octanol–water partition coefficient (Wildman–Crippen LogP) is 2.37. The van der Waals surface area contributed by atoms with Crippen molar-refractivity contribution in [3.05, 3.63) is 29.5 Å². The van der Waals surface area contributed by atoms with Crippen LogP contribution in [0, 0.1) is 6.92 Å². The third kappa shape index (κ3) is 3.40. The van der Waals surface area contributed by atoms with Crippen molar-refractivity contribution >= 4 is 5.82 Å². The highest BCUT2D eigenvalue weighted by Crippen LogP contribution is 2.38. The van der Waals surface area contributed by atoms with Crippen LogP contribution >= 0.6 is 0 Å². The number of nitrogens with one attached hydrogen (secondary N) is 1. The third-order valence-corrected chi connectivity index (χ3v) is 4.79. The Bertz CT molecular complexity index is 681. The molecule has 1 saturated carbocycles. The highest BCUT2D eigenvalue weighted by atomic mass is 16.5. The van der Waals surface area contributed by atoms with Gasteiger partial charge in [0, 0.05) is 25.0 Å².